The average Bonchev–Trinajstić information content (AvgIpc) is 3.02. The Kier molecular flexibility index (Phi) is 12.2. The molecule has 0 radical (unpaired) electrons. The lowest BCUT2D eigenvalue weighted by Gasteiger charge is -2.26. The summed E-state index contributed by atoms with van der Waals surface area (Å²) in [4.78, 5) is 14.5. The quantitative estimate of drug-likeness (QED) is 0.241. The van der Waals surface area contributed by atoms with E-state index in [1.807, 2.05) is 30.3 Å². The molecule has 2 fully saturated rings. The first-order valence-electron chi connectivity index (χ1n) is 14.1. The largest absolute Gasteiger partial charge is 0.492 e. The number of halogens is 2. The Hall–Kier alpha value is -2.98. The smallest absolute Gasteiger partial charge is 0.217 e. The third-order valence-corrected chi connectivity index (χ3v) is 7.38. The Balaban J connectivity index is 0.00000202. The van der Waals surface area contributed by atoms with Crippen LogP contribution in [0.1, 0.15) is 0 Å². The standard InChI is InChI=1S/C32H36N4O4.2ClH/c1-2-4-25(5-3-1)30-24-31(40-21-15-36-12-18-38-19-13-36)34-32(33-30)28-7-6-27-23-29(9-8-26(27)22-28)39-20-14-35-10-16-37-17-11-35;;/h1-9,22-24H,10-21H2;2*1H. The highest BCUT2D eigenvalue weighted by Gasteiger charge is 2.14. The normalized spacial score (nSPS) is 15.9. The number of ether oxygens (including phenoxy) is 4. The van der Waals surface area contributed by atoms with Crippen molar-refractivity contribution in [2.75, 3.05) is 78.9 Å². The third kappa shape index (κ3) is 8.53. The van der Waals surface area contributed by atoms with Gasteiger partial charge in [-0.25, -0.2) is 4.98 Å². The number of rotatable bonds is 10. The van der Waals surface area contributed by atoms with Gasteiger partial charge in [0.05, 0.1) is 32.1 Å². The van der Waals surface area contributed by atoms with Gasteiger partial charge in [0.15, 0.2) is 5.82 Å². The first-order valence-corrected chi connectivity index (χ1v) is 14.1. The molecule has 2 aliphatic rings. The van der Waals surface area contributed by atoms with Crippen LogP contribution in [0.4, 0.5) is 0 Å². The first kappa shape index (κ1) is 31.9. The van der Waals surface area contributed by atoms with Crippen LogP contribution in [0.15, 0.2) is 72.8 Å². The van der Waals surface area contributed by atoms with E-state index in [1.54, 1.807) is 0 Å². The summed E-state index contributed by atoms with van der Waals surface area (Å²) in [6.07, 6.45) is 0. The highest BCUT2D eigenvalue weighted by atomic mass is 35.5. The van der Waals surface area contributed by atoms with E-state index < -0.39 is 0 Å². The summed E-state index contributed by atoms with van der Waals surface area (Å²) < 4.78 is 23.1. The third-order valence-electron chi connectivity index (χ3n) is 7.38. The molecule has 2 aliphatic heterocycles. The fourth-order valence-electron chi connectivity index (χ4n) is 5.06. The van der Waals surface area contributed by atoms with Gasteiger partial charge in [0.2, 0.25) is 5.88 Å². The Labute approximate surface area is 259 Å². The Bertz CT molecular complexity index is 1400. The molecule has 0 spiro atoms. The molecule has 3 aromatic carbocycles. The summed E-state index contributed by atoms with van der Waals surface area (Å²) >= 11 is 0. The maximum absolute atomic E-state index is 6.16. The van der Waals surface area contributed by atoms with Crippen LogP contribution in [0.25, 0.3) is 33.4 Å². The minimum absolute atomic E-state index is 0. The molecule has 2 saturated heterocycles. The lowest BCUT2D eigenvalue weighted by atomic mass is 10.1. The number of fused-ring (bicyclic) bond motifs is 1. The molecule has 0 bridgehead atoms. The average molecular weight is 614 g/mol. The van der Waals surface area contributed by atoms with E-state index in [-0.39, 0.29) is 24.8 Å². The molecule has 0 atom stereocenters. The van der Waals surface area contributed by atoms with Crippen LogP contribution in [0.5, 0.6) is 11.6 Å². The highest BCUT2D eigenvalue weighted by molar-refractivity contribution is 5.87. The van der Waals surface area contributed by atoms with Gasteiger partial charge in [-0.05, 0) is 29.0 Å². The molecule has 0 aliphatic carbocycles. The zero-order valence-electron chi connectivity index (χ0n) is 23.7. The molecule has 3 heterocycles. The van der Waals surface area contributed by atoms with Crippen LogP contribution in [-0.4, -0.2) is 98.7 Å². The summed E-state index contributed by atoms with van der Waals surface area (Å²) in [5.74, 6) is 2.11. The van der Waals surface area contributed by atoms with Crippen molar-refractivity contribution in [3.05, 3.63) is 72.8 Å². The van der Waals surface area contributed by atoms with Gasteiger partial charge in [-0.2, -0.15) is 4.98 Å². The van der Waals surface area contributed by atoms with Crippen LogP contribution >= 0.6 is 24.8 Å². The molecule has 42 heavy (non-hydrogen) atoms. The second kappa shape index (κ2) is 16.0. The van der Waals surface area contributed by atoms with Crippen molar-refractivity contribution in [1.29, 1.82) is 0 Å². The van der Waals surface area contributed by atoms with Gasteiger partial charge >= 0.3 is 0 Å². The van der Waals surface area contributed by atoms with Gasteiger partial charge in [0.25, 0.3) is 0 Å². The van der Waals surface area contributed by atoms with Gasteiger partial charge < -0.3 is 18.9 Å². The monoisotopic (exact) mass is 612 g/mol. The Morgan fingerprint density at radius 3 is 1.93 bits per heavy atom. The van der Waals surface area contributed by atoms with Crippen molar-refractivity contribution in [2.24, 2.45) is 0 Å². The van der Waals surface area contributed by atoms with Gasteiger partial charge in [-0.1, -0.05) is 48.5 Å². The molecule has 6 rings (SSSR count). The maximum atomic E-state index is 6.16. The Morgan fingerprint density at radius 2 is 1.24 bits per heavy atom. The van der Waals surface area contributed by atoms with Crippen LogP contribution in [0, 0.1) is 0 Å². The van der Waals surface area contributed by atoms with Crippen LogP contribution in [0.2, 0.25) is 0 Å². The SMILES string of the molecule is Cl.Cl.c1ccc(-c2cc(OCCN3CCOCC3)nc(-c3ccc4cc(OCCN5CCOCC5)ccc4c3)n2)cc1. The van der Waals surface area contributed by atoms with E-state index in [4.69, 9.17) is 28.9 Å². The van der Waals surface area contributed by atoms with Crippen molar-refractivity contribution in [1.82, 2.24) is 19.8 Å². The van der Waals surface area contributed by atoms with E-state index in [9.17, 15) is 0 Å². The summed E-state index contributed by atoms with van der Waals surface area (Å²) in [5.41, 5.74) is 2.82. The van der Waals surface area contributed by atoms with Gasteiger partial charge in [-0.15, -0.1) is 24.8 Å². The molecule has 0 unspecified atom stereocenters. The van der Waals surface area contributed by atoms with Gasteiger partial charge in [0, 0.05) is 56.5 Å². The summed E-state index contributed by atoms with van der Waals surface area (Å²) in [7, 11) is 0. The number of benzene rings is 3. The van der Waals surface area contributed by atoms with Crippen molar-refractivity contribution in [3.63, 3.8) is 0 Å². The van der Waals surface area contributed by atoms with Crippen molar-refractivity contribution in [3.8, 4) is 34.3 Å². The molecular weight excluding hydrogens is 575 g/mol. The lowest BCUT2D eigenvalue weighted by molar-refractivity contribution is 0.0320. The van der Waals surface area contributed by atoms with Crippen molar-refractivity contribution >= 4 is 35.6 Å². The fraction of sp³-hybridized carbons (Fsp3) is 0.375. The zero-order valence-corrected chi connectivity index (χ0v) is 25.3. The second-order valence-corrected chi connectivity index (χ2v) is 10.1. The number of hydrogen-bond donors (Lipinski definition) is 0. The molecule has 1 aromatic heterocycles. The molecule has 8 nitrogen and oxygen atoms in total. The van der Waals surface area contributed by atoms with E-state index in [2.05, 4.69) is 52.3 Å². The first-order chi connectivity index (χ1) is 19.8. The topological polar surface area (TPSA) is 69.2 Å². The van der Waals surface area contributed by atoms with Crippen LogP contribution in [0.3, 0.4) is 0 Å². The summed E-state index contributed by atoms with van der Waals surface area (Å²) in [6, 6.07) is 24.6. The van der Waals surface area contributed by atoms with E-state index in [0.29, 0.717) is 24.9 Å². The highest BCUT2D eigenvalue weighted by Crippen LogP contribution is 2.29. The molecule has 0 saturated carbocycles. The molecule has 0 amide bonds. The molecule has 224 valence electrons. The predicted molar refractivity (Wildman–Crippen MR) is 170 cm³/mol. The fourth-order valence-corrected chi connectivity index (χ4v) is 5.06. The minimum Gasteiger partial charge on any atom is -0.492 e. The predicted octanol–water partition coefficient (Wildman–Crippen LogP) is 5.23. The maximum Gasteiger partial charge on any atom is 0.217 e. The van der Waals surface area contributed by atoms with E-state index in [1.165, 1.54) is 0 Å². The molecular formula is C32H38Cl2N4O4. The van der Waals surface area contributed by atoms with E-state index in [0.717, 1.165) is 99.0 Å². The van der Waals surface area contributed by atoms with Crippen LogP contribution < -0.4 is 9.47 Å². The molecule has 4 aromatic rings. The van der Waals surface area contributed by atoms with E-state index >= 15 is 0 Å². The van der Waals surface area contributed by atoms with Gasteiger partial charge in [-0.3, -0.25) is 9.80 Å². The summed E-state index contributed by atoms with van der Waals surface area (Å²) in [5, 5.41) is 2.23. The van der Waals surface area contributed by atoms with Gasteiger partial charge in [0.1, 0.15) is 19.0 Å². The summed E-state index contributed by atoms with van der Waals surface area (Å²) in [6.45, 7) is 9.96. The lowest BCUT2D eigenvalue weighted by Crippen LogP contribution is -2.38. The molecule has 0 N–H and O–H groups in total. The number of aromatic nitrogens is 2. The van der Waals surface area contributed by atoms with Crippen LogP contribution in [-0.2, 0) is 9.47 Å². The number of nitrogens with zero attached hydrogens (tertiary/aromatic N) is 4. The zero-order chi connectivity index (χ0) is 27.0. The van der Waals surface area contributed by atoms with Crippen molar-refractivity contribution < 1.29 is 18.9 Å². The second-order valence-electron chi connectivity index (χ2n) is 10.1. The minimum atomic E-state index is 0. The number of morpholine rings is 2. The Morgan fingerprint density at radius 1 is 0.619 bits per heavy atom. The number of hydrogen-bond acceptors (Lipinski definition) is 8. The molecule has 10 heteroatoms. The van der Waals surface area contributed by atoms with Crippen molar-refractivity contribution in [2.45, 2.75) is 0 Å².